The number of hydrogen-bond donors (Lipinski definition) is 3. The third-order valence-corrected chi connectivity index (χ3v) is 7.14. The minimum atomic E-state index is -0.315. The van der Waals surface area contributed by atoms with Crippen LogP contribution >= 0.6 is 0 Å². The van der Waals surface area contributed by atoms with Crippen LogP contribution in [0.2, 0.25) is 0 Å². The monoisotopic (exact) mass is 401 g/mol. The Morgan fingerprint density at radius 3 is 2.62 bits per heavy atom. The van der Waals surface area contributed by atoms with E-state index in [1.807, 2.05) is 6.07 Å². The molecule has 6 nitrogen and oxygen atoms in total. The summed E-state index contributed by atoms with van der Waals surface area (Å²) in [7, 11) is 0. The number of pyridine rings is 1. The molecule has 1 aromatic heterocycles. The average Bonchev–Trinajstić information content (AvgIpc) is 2.85. The number of nitrogens with zero attached hydrogens (tertiary/aromatic N) is 1. The molecule has 3 fully saturated rings. The van der Waals surface area contributed by atoms with E-state index in [1.54, 1.807) is 6.07 Å². The molecular weight excluding hydrogens is 366 g/mol. The van der Waals surface area contributed by atoms with Crippen molar-refractivity contribution in [3.8, 4) is 0 Å². The summed E-state index contributed by atoms with van der Waals surface area (Å²) in [5.41, 5.74) is 1.47. The second-order valence-corrected chi connectivity index (χ2v) is 10.8. The Kier molecular flexibility index (Phi) is 5.36. The summed E-state index contributed by atoms with van der Waals surface area (Å²) in [5, 5.41) is 12.6. The van der Waals surface area contributed by atoms with Crippen molar-refractivity contribution >= 4 is 5.91 Å². The van der Waals surface area contributed by atoms with Gasteiger partial charge in [-0.3, -0.25) is 14.5 Å². The van der Waals surface area contributed by atoms with Crippen LogP contribution in [-0.4, -0.2) is 45.6 Å². The highest BCUT2D eigenvalue weighted by Crippen LogP contribution is 2.52. The van der Waals surface area contributed by atoms with E-state index in [0.717, 1.165) is 31.6 Å². The molecule has 29 heavy (non-hydrogen) atoms. The van der Waals surface area contributed by atoms with Crippen LogP contribution in [-0.2, 0) is 6.54 Å². The van der Waals surface area contributed by atoms with Gasteiger partial charge in [-0.15, -0.1) is 0 Å². The van der Waals surface area contributed by atoms with Gasteiger partial charge in [-0.25, -0.2) is 0 Å². The number of carbonyl (C=O) groups excluding carboxylic acids is 1. The van der Waals surface area contributed by atoms with Crippen LogP contribution < -0.4 is 10.9 Å². The van der Waals surface area contributed by atoms with Crippen molar-refractivity contribution in [2.24, 2.45) is 10.8 Å². The number of fused-ring (bicyclic) bond motifs is 2. The lowest BCUT2D eigenvalue weighted by Gasteiger charge is -2.39. The van der Waals surface area contributed by atoms with Crippen LogP contribution in [0.15, 0.2) is 16.9 Å². The summed E-state index contributed by atoms with van der Waals surface area (Å²) in [6.07, 6.45) is 6.34. The highest BCUT2D eigenvalue weighted by Gasteiger charge is 2.49. The van der Waals surface area contributed by atoms with Gasteiger partial charge in [-0.1, -0.05) is 20.8 Å². The average molecular weight is 402 g/mol. The SMILES string of the molecule is CC1(C)CC2CC(C)(CN2Cc2ccc(C(=O)NC3CCC(O)CC3)c(=O)[nH]2)C1. The minimum absolute atomic E-state index is 0.0398. The van der Waals surface area contributed by atoms with Gasteiger partial charge in [0.05, 0.1) is 6.10 Å². The predicted molar refractivity (Wildman–Crippen MR) is 113 cm³/mol. The topological polar surface area (TPSA) is 85.4 Å². The van der Waals surface area contributed by atoms with Crippen molar-refractivity contribution in [3.05, 3.63) is 33.7 Å². The van der Waals surface area contributed by atoms with Crippen molar-refractivity contribution in [1.29, 1.82) is 0 Å². The number of aliphatic hydroxyl groups excluding tert-OH is 1. The van der Waals surface area contributed by atoms with E-state index >= 15 is 0 Å². The summed E-state index contributed by atoms with van der Waals surface area (Å²) >= 11 is 0. The number of H-pyrrole nitrogens is 1. The van der Waals surface area contributed by atoms with E-state index < -0.39 is 0 Å². The molecule has 0 radical (unpaired) electrons. The highest BCUT2D eigenvalue weighted by atomic mass is 16.3. The van der Waals surface area contributed by atoms with Crippen LogP contribution in [0, 0.1) is 10.8 Å². The van der Waals surface area contributed by atoms with E-state index in [1.165, 1.54) is 19.3 Å². The summed E-state index contributed by atoms with van der Waals surface area (Å²) in [4.78, 5) is 30.5. The van der Waals surface area contributed by atoms with Crippen LogP contribution in [0.25, 0.3) is 0 Å². The maximum atomic E-state index is 12.6. The molecule has 2 saturated carbocycles. The van der Waals surface area contributed by atoms with Crippen LogP contribution in [0.5, 0.6) is 0 Å². The Morgan fingerprint density at radius 2 is 1.93 bits per heavy atom. The van der Waals surface area contributed by atoms with Crippen LogP contribution in [0.3, 0.4) is 0 Å². The zero-order valence-electron chi connectivity index (χ0n) is 18.0. The molecule has 3 N–H and O–H groups in total. The second-order valence-electron chi connectivity index (χ2n) is 10.8. The van der Waals surface area contributed by atoms with Crippen LogP contribution in [0.1, 0.15) is 81.8 Å². The molecule has 1 saturated heterocycles. The summed E-state index contributed by atoms with van der Waals surface area (Å²) in [6.45, 7) is 8.92. The van der Waals surface area contributed by atoms with Crippen molar-refractivity contribution < 1.29 is 9.90 Å². The van der Waals surface area contributed by atoms with E-state index in [2.05, 4.69) is 36.0 Å². The number of aromatic nitrogens is 1. The van der Waals surface area contributed by atoms with Gasteiger partial charge in [0.25, 0.3) is 11.5 Å². The number of carbonyl (C=O) groups is 1. The second kappa shape index (κ2) is 7.55. The van der Waals surface area contributed by atoms with Crippen molar-refractivity contribution in [3.63, 3.8) is 0 Å². The van der Waals surface area contributed by atoms with E-state index in [9.17, 15) is 14.7 Å². The highest BCUT2D eigenvalue weighted by molar-refractivity contribution is 5.94. The van der Waals surface area contributed by atoms with Gasteiger partial charge in [0.15, 0.2) is 0 Å². The predicted octanol–water partition coefficient (Wildman–Crippen LogP) is 2.81. The fraction of sp³-hybridized carbons (Fsp3) is 0.739. The lowest BCUT2D eigenvalue weighted by molar-refractivity contribution is 0.0866. The van der Waals surface area contributed by atoms with Gasteiger partial charge < -0.3 is 15.4 Å². The fourth-order valence-corrected chi connectivity index (χ4v) is 6.25. The number of rotatable bonds is 4. The molecule has 1 amide bonds. The Hall–Kier alpha value is -1.66. The molecular formula is C23H35N3O3. The van der Waals surface area contributed by atoms with Crippen molar-refractivity contribution in [1.82, 2.24) is 15.2 Å². The number of aromatic amines is 1. The molecule has 3 aliphatic rings. The lowest BCUT2D eigenvalue weighted by atomic mass is 9.65. The number of amides is 1. The van der Waals surface area contributed by atoms with E-state index in [0.29, 0.717) is 29.7 Å². The van der Waals surface area contributed by atoms with Gasteiger partial charge in [0.1, 0.15) is 5.56 Å². The Bertz CT molecular complexity index is 825. The normalized spacial score (nSPS) is 34.1. The molecule has 4 rings (SSSR count). The maximum absolute atomic E-state index is 12.6. The molecule has 2 aliphatic carbocycles. The Morgan fingerprint density at radius 1 is 1.21 bits per heavy atom. The molecule has 1 aromatic rings. The Balaban J connectivity index is 1.40. The zero-order valence-corrected chi connectivity index (χ0v) is 18.0. The fourth-order valence-electron chi connectivity index (χ4n) is 6.25. The minimum Gasteiger partial charge on any atom is -0.393 e. The quantitative estimate of drug-likeness (QED) is 0.724. The first kappa shape index (κ1) is 20.6. The van der Waals surface area contributed by atoms with Gasteiger partial charge in [-0.05, 0) is 67.9 Å². The largest absolute Gasteiger partial charge is 0.393 e. The molecule has 6 heteroatoms. The number of likely N-dealkylation sites (tertiary alicyclic amines) is 1. The third kappa shape index (κ3) is 4.58. The van der Waals surface area contributed by atoms with Gasteiger partial charge in [-0.2, -0.15) is 0 Å². The van der Waals surface area contributed by atoms with Crippen molar-refractivity contribution in [2.75, 3.05) is 6.54 Å². The van der Waals surface area contributed by atoms with Gasteiger partial charge >= 0.3 is 0 Å². The van der Waals surface area contributed by atoms with Gasteiger partial charge in [0, 0.05) is 30.9 Å². The summed E-state index contributed by atoms with van der Waals surface area (Å²) in [6, 6.07) is 4.15. The maximum Gasteiger partial charge on any atom is 0.261 e. The first-order valence-corrected chi connectivity index (χ1v) is 11.1. The molecule has 2 bridgehead atoms. The third-order valence-electron chi connectivity index (χ3n) is 7.14. The number of nitrogens with one attached hydrogen (secondary N) is 2. The summed E-state index contributed by atoms with van der Waals surface area (Å²) < 4.78 is 0. The lowest BCUT2D eigenvalue weighted by Crippen LogP contribution is -2.40. The molecule has 160 valence electrons. The molecule has 0 spiro atoms. The first-order chi connectivity index (χ1) is 13.6. The molecule has 0 aromatic carbocycles. The molecule has 2 unspecified atom stereocenters. The molecule has 2 atom stereocenters. The van der Waals surface area contributed by atoms with Gasteiger partial charge in [0.2, 0.25) is 0 Å². The molecule has 1 aliphatic heterocycles. The Labute approximate surface area is 173 Å². The zero-order chi connectivity index (χ0) is 20.8. The smallest absolute Gasteiger partial charge is 0.261 e. The van der Waals surface area contributed by atoms with Crippen molar-refractivity contribution in [2.45, 2.75) is 90.4 Å². The number of hydrogen-bond acceptors (Lipinski definition) is 4. The van der Waals surface area contributed by atoms with E-state index in [-0.39, 0.29) is 29.2 Å². The standard InChI is InChI=1S/C23H35N3O3/c1-22(2)10-17-11-23(3,13-22)14-26(17)12-16-6-9-19(21(29)25-16)20(28)24-15-4-7-18(27)8-5-15/h6,9,15,17-18,27H,4-5,7-8,10-14H2,1-3H3,(H,24,28)(H,25,29). The van der Waals surface area contributed by atoms with E-state index in [4.69, 9.17) is 0 Å². The number of aliphatic hydroxyl groups is 1. The van der Waals surface area contributed by atoms with Crippen LogP contribution in [0.4, 0.5) is 0 Å². The summed E-state index contributed by atoms with van der Waals surface area (Å²) in [5.74, 6) is -0.314. The first-order valence-electron chi connectivity index (χ1n) is 11.1. The molecule has 2 heterocycles.